The molecule has 2 rings (SSSR count). The van der Waals surface area contributed by atoms with Gasteiger partial charge in [-0.3, -0.25) is 4.98 Å². The molecule has 1 aromatic carbocycles. The van der Waals surface area contributed by atoms with E-state index >= 15 is 0 Å². The van der Waals surface area contributed by atoms with Crippen molar-refractivity contribution in [2.24, 2.45) is 5.92 Å². The lowest BCUT2D eigenvalue weighted by Crippen LogP contribution is -2.32. The molecule has 0 saturated carbocycles. The summed E-state index contributed by atoms with van der Waals surface area (Å²) in [6, 6.07) is 6.78. The summed E-state index contributed by atoms with van der Waals surface area (Å²) in [7, 11) is 1.39. The fraction of sp³-hybridized carbons (Fsp3) is 0.375. The Morgan fingerprint density at radius 3 is 2.81 bits per heavy atom. The number of methoxy groups -OCH3 is 1. The van der Waals surface area contributed by atoms with Gasteiger partial charge in [0.25, 0.3) is 0 Å². The van der Waals surface area contributed by atoms with E-state index in [1.165, 1.54) is 7.11 Å². The predicted octanol–water partition coefficient (Wildman–Crippen LogP) is 3.35. The van der Waals surface area contributed by atoms with Gasteiger partial charge >= 0.3 is 5.97 Å². The second-order valence-corrected chi connectivity index (χ2v) is 5.70. The number of nitrogens with zero attached hydrogens (tertiary/aromatic N) is 1. The van der Waals surface area contributed by atoms with Crippen molar-refractivity contribution in [2.75, 3.05) is 13.7 Å². The molecule has 112 valence electrons. The smallest absolute Gasteiger partial charge is 0.327 e. The Morgan fingerprint density at radius 1 is 1.38 bits per heavy atom. The number of halogens is 1. The molecule has 1 unspecified atom stereocenters. The number of benzene rings is 1. The van der Waals surface area contributed by atoms with Gasteiger partial charge in [-0.2, -0.15) is 0 Å². The van der Waals surface area contributed by atoms with Crippen LogP contribution in [0, 0.1) is 5.92 Å². The molecule has 4 nitrogen and oxygen atoms in total. The van der Waals surface area contributed by atoms with Gasteiger partial charge in [-0.15, -0.1) is 0 Å². The van der Waals surface area contributed by atoms with Crippen molar-refractivity contribution in [2.45, 2.75) is 19.9 Å². The normalized spacial score (nSPS) is 12.6. The van der Waals surface area contributed by atoms with E-state index in [1.54, 1.807) is 12.3 Å². The molecular formula is C16H19ClN2O2. The number of ether oxygens (including phenoxy) is 1. The molecule has 2 aromatic rings. The monoisotopic (exact) mass is 306 g/mol. The Morgan fingerprint density at radius 2 is 2.14 bits per heavy atom. The van der Waals surface area contributed by atoms with Crippen molar-refractivity contribution < 1.29 is 9.53 Å². The fourth-order valence-electron chi connectivity index (χ4n) is 2.18. The number of fused-ring (bicyclic) bond motifs is 1. The van der Waals surface area contributed by atoms with Gasteiger partial charge in [0, 0.05) is 22.2 Å². The average Bonchev–Trinajstić information content (AvgIpc) is 2.49. The molecule has 1 N–H and O–H groups in total. The summed E-state index contributed by atoms with van der Waals surface area (Å²) in [4.78, 5) is 16.5. The first-order valence-corrected chi connectivity index (χ1v) is 7.26. The lowest BCUT2D eigenvalue weighted by molar-refractivity contribution is -0.143. The molecule has 1 aromatic heterocycles. The van der Waals surface area contributed by atoms with Crippen molar-refractivity contribution in [3.63, 3.8) is 0 Å². The van der Waals surface area contributed by atoms with Crippen molar-refractivity contribution in [1.29, 1.82) is 0 Å². The number of carbonyl (C=O) groups excluding carboxylic acids is 1. The topological polar surface area (TPSA) is 51.2 Å². The van der Waals surface area contributed by atoms with Gasteiger partial charge in [-0.05, 0) is 30.7 Å². The van der Waals surface area contributed by atoms with Gasteiger partial charge in [-0.1, -0.05) is 31.5 Å². The van der Waals surface area contributed by atoms with E-state index in [9.17, 15) is 4.79 Å². The first-order valence-electron chi connectivity index (χ1n) is 6.89. The zero-order chi connectivity index (χ0) is 15.4. The molecule has 1 atom stereocenters. The maximum absolute atomic E-state index is 12.1. The molecule has 0 amide bonds. The van der Waals surface area contributed by atoms with Gasteiger partial charge < -0.3 is 10.1 Å². The van der Waals surface area contributed by atoms with Crippen LogP contribution < -0.4 is 5.32 Å². The summed E-state index contributed by atoms with van der Waals surface area (Å²) in [5.74, 6) is 0.0913. The second-order valence-electron chi connectivity index (χ2n) is 5.29. The molecule has 0 spiro atoms. The van der Waals surface area contributed by atoms with Gasteiger partial charge in [-0.25, -0.2) is 4.79 Å². The van der Waals surface area contributed by atoms with E-state index in [0.29, 0.717) is 17.5 Å². The van der Waals surface area contributed by atoms with Crippen LogP contribution in [0.15, 0.2) is 30.5 Å². The molecule has 0 aliphatic rings. The van der Waals surface area contributed by atoms with Crippen LogP contribution in [0.5, 0.6) is 0 Å². The van der Waals surface area contributed by atoms with Crippen LogP contribution in [0.1, 0.15) is 25.5 Å². The van der Waals surface area contributed by atoms with E-state index in [1.807, 2.05) is 18.2 Å². The SMILES string of the molecule is COC(=O)C(NCC(C)C)c1ccc(Cl)c2cccnc12. The Labute approximate surface area is 129 Å². The summed E-state index contributed by atoms with van der Waals surface area (Å²) < 4.78 is 4.92. The number of hydrogen-bond acceptors (Lipinski definition) is 4. The van der Waals surface area contributed by atoms with E-state index in [-0.39, 0.29) is 5.97 Å². The third-order valence-electron chi connectivity index (χ3n) is 3.23. The largest absolute Gasteiger partial charge is 0.468 e. The van der Waals surface area contributed by atoms with Gasteiger partial charge in [0.05, 0.1) is 12.6 Å². The Hall–Kier alpha value is -1.65. The van der Waals surface area contributed by atoms with Crippen LogP contribution in [0.3, 0.4) is 0 Å². The maximum atomic E-state index is 12.1. The molecule has 0 bridgehead atoms. The van der Waals surface area contributed by atoms with Gasteiger partial charge in [0.15, 0.2) is 0 Å². The minimum absolute atomic E-state index is 0.329. The number of rotatable bonds is 5. The third kappa shape index (κ3) is 3.52. The lowest BCUT2D eigenvalue weighted by atomic mass is 10.0. The van der Waals surface area contributed by atoms with Crippen molar-refractivity contribution >= 4 is 28.5 Å². The number of aromatic nitrogens is 1. The number of hydrogen-bond donors (Lipinski definition) is 1. The molecule has 0 radical (unpaired) electrons. The van der Waals surface area contributed by atoms with Crippen LogP contribution >= 0.6 is 11.6 Å². The summed E-state index contributed by atoms with van der Waals surface area (Å²) in [5, 5.41) is 4.69. The lowest BCUT2D eigenvalue weighted by Gasteiger charge is -2.19. The molecule has 0 saturated heterocycles. The summed E-state index contributed by atoms with van der Waals surface area (Å²) in [5.41, 5.74) is 1.50. The van der Waals surface area contributed by atoms with Crippen LogP contribution in [0.2, 0.25) is 5.02 Å². The number of esters is 1. The van der Waals surface area contributed by atoms with Crippen molar-refractivity contribution in [1.82, 2.24) is 10.3 Å². The number of carbonyl (C=O) groups is 1. The van der Waals surface area contributed by atoms with E-state index in [4.69, 9.17) is 16.3 Å². The van der Waals surface area contributed by atoms with Crippen LogP contribution in [0.4, 0.5) is 0 Å². The van der Waals surface area contributed by atoms with E-state index in [0.717, 1.165) is 16.5 Å². The van der Waals surface area contributed by atoms with Crippen molar-refractivity contribution in [3.05, 3.63) is 41.0 Å². The highest BCUT2D eigenvalue weighted by atomic mass is 35.5. The van der Waals surface area contributed by atoms with Crippen LogP contribution in [0.25, 0.3) is 10.9 Å². The zero-order valence-corrected chi connectivity index (χ0v) is 13.1. The predicted molar refractivity (Wildman–Crippen MR) is 84.4 cm³/mol. The van der Waals surface area contributed by atoms with Crippen LogP contribution in [-0.2, 0) is 9.53 Å². The second kappa shape index (κ2) is 6.87. The number of pyridine rings is 1. The molecular weight excluding hydrogens is 288 g/mol. The molecule has 0 aliphatic heterocycles. The van der Waals surface area contributed by atoms with E-state index in [2.05, 4.69) is 24.1 Å². The first kappa shape index (κ1) is 15.7. The highest BCUT2D eigenvalue weighted by molar-refractivity contribution is 6.35. The minimum atomic E-state index is -0.549. The summed E-state index contributed by atoms with van der Waals surface area (Å²) in [6.07, 6.45) is 1.69. The van der Waals surface area contributed by atoms with Crippen LogP contribution in [-0.4, -0.2) is 24.6 Å². The standard InChI is InChI=1S/C16H19ClN2O2/c1-10(2)9-19-15(16(20)21-3)12-6-7-13(17)11-5-4-8-18-14(11)12/h4-8,10,15,19H,9H2,1-3H3. The Bertz CT molecular complexity index is 643. The molecule has 1 heterocycles. The zero-order valence-electron chi connectivity index (χ0n) is 12.4. The van der Waals surface area contributed by atoms with Gasteiger partial charge in [0.1, 0.15) is 6.04 Å². The minimum Gasteiger partial charge on any atom is -0.468 e. The Kier molecular flexibility index (Phi) is 5.15. The van der Waals surface area contributed by atoms with Gasteiger partial charge in [0.2, 0.25) is 0 Å². The third-order valence-corrected chi connectivity index (χ3v) is 3.56. The molecule has 5 heteroatoms. The van der Waals surface area contributed by atoms with Crippen molar-refractivity contribution in [3.8, 4) is 0 Å². The quantitative estimate of drug-likeness (QED) is 0.861. The summed E-state index contributed by atoms with van der Waals surface area (Å²) >= 11 is 6.20. The molecule has 21 heavy (non-hydrogen) atoms. The average molecular weight is 307 g/mol. The number of nitrogens with one attached hydrogen (secondary N) is 1. The summed E-state index contributed by atoms with van der Waals surface area (Å²) in [6.45, 7) is 4.87. The Balaban J connectivity index is 2.49. The highest BCUT2D eigenvalue weighted by Crippen LogP contribution is 2.29. The highest BCUT2D eigenvalue weighted by Gasteiger charge is 2.24. The maximum Gasteiger partial charge on any atom is 0.327 e. The molecule has 0 aliphatic carbocycles. The first-order chi connectivity index (χ1) is 10.0. The van der Waals surface area contributed by atoms with E-state index < -0.39 is 6.04 Å². The fourth-order valence-corrected chi connectivity index (χ4v) is 2.40. The molecule has 0 fully saturated rings.